The maximum atomic E-state index is 5.51. The molecule has 0 saturated heterocycles. The predicted molar refractivity (Wildman–Crippen MR) is 72.6 cm³/mol. The summed E-state index contributed by atoms with van der Waals surface area (Å²) in [7, 11) is 0. The van der Waals surface area contributed by atoms with Gasteiger partial charge < -0.3 is 4.74 Å². The van der Waals surface area contributed by atoms with Gasteiger partial charge in [0.1, 0.15) is 0 Å². The Morgan fingerprint density at radius 2 is 1.44 bits per heavy atom. The van der Waals surface area contributed by atoms with E-state index in [0.29, 0.717) is 0 Å². The van der Waals surface area contributed by atoms with Crippen LogP contribution in [0.3, 0.4) is 0 Å². The van der Waals surface area contributed by atoms with Gasteiger partial charge in [0.15, 0.2) is 0 Å². The van der Waals surface area contributed by atoms with Gasteiger partial charge in [0.25, 0.3) is 0 Å². The first-order valence-electron chi connectivity index (χ1n) is 6.89. The van der Waals surface area contributed by atoms with Crippen LogP contribution >= 0.6 is 0 Å². The summed E-state index contributed by atoms with van der Waals surface area (Å²) in [6.07, 6.45) is 14.8. The van der Waals surface area contributed by atoms with Crippen LogP contribution in [0.5, 0.6) is 0 Å². The second-order valence-corrected chi connectivity index (χ2v) is 5.51. The van der Waals surface area contributed by atoms with E-state index in [1.54, 1.807) is 0 Å². The molecule has 0 saturated carbocycles. The number of unbranched alkanes of at least 4 members (excludes halogenated alkanes) is 7. The zero-order chi connectivity index (χ0) is 12.3. The first-order valence-corrected chi connectivity index (χ1v) is 6.89. The summed E-state index contributed by atoms with van der Waals surface area (Å²) in [6, 6.07) is 0. The summed E-state index contributed by atoms with van der Waals surface area (Å²) in [6.45, 7) is 8.49. The van der Waals surface area contributed by atoms with E-state index in [1.165, 1.54) is 44.9 Å². The van der Waals surface area contributed by atoms with Gasteiger partial charge in [-0.15, -0.1) is 0 Å². The number of ether oxygens (including phenoxy) is 1. The largest absolute Gasteiger partial charge is 0.496 e. The Bertz CT molecular complexity index is 165. The Morgan fingerprint density at radius 1 is 0.875 bits per heavy atom. The van der Waals surface area contributed by atoms with Crippen molar-refractivity contribution < 1.29 is 4.74 Å². The Morgan fingerprint density at radius 3 is 2.00 bits per heavy atom. The molecular formula is C15H30O. The molecule has 0 unspecified atom stereocenters. The minimum Gasteiger partial charge on any atom is -0.496 e. The van der Waals surface area contributed by atoms with Crippen LogP contribution in [-0.2, 0) is 4.74 Å². The lowest BCUT2D eigenvalue weighted by Crippen LogP contribution is -2.15. The van der Waals surface area contributed by atoms with Crippen molar-refractivity contribution in [2.75, 3.05) is 0 Å². The van der Waals surface area contributed by atoms with Crippen LogP contribution in [0.2, 0.25) is 0 Å². The zero-order valence-electron chi connectivity index (χ0n) is 11.7. The smallest absolute Gasteiger partial charge is 0.0998 e. The number of hydrogen-bond donors (Lipinski definition) is 0. The molecule has 0 aliphatic rings. The molecule has 0 aliphatic carbocycles. The van der Waals surface area contributed by atoms with Crippen molar-refractivity contribution in [2.24, 2.45) is 0 Å². The molecule has 0 aromatic carbocycles. The molecule has 0 radical (unpaired) electrons. The van der Waals surface area contributed by atoms with Crippen molar-refractivity contribution in [1.82, 2.24) is 0 Å². The summed E-state index contributed by atoms with van der Waals surface area (Å²) in [5.41, 5.74) is -0.0450. The molecule has 0 fully saturated rings. The fourth-order valence-corrected chi connectivity index (χ4v) is 1.54. The van der Waals surface area contributed by atoms with Crippen LogP contribution in [-0.4, -0.2) is 5.60 Å². The standard InChI is InChI=1S/C15H30O/c1-5-6-7-8-9-10-11-12-13-14-16-15(2,3)4/h13-14H,5-12H2,1-4H3/b14-13+. The first-order chi connectivity index (χ1) is 7.56. The molecule has 0 amide bonds. The van der Waals surface area contributed by atoms with Crippen molar-refractivity contribution in [3.05, 3.63) is 12.3 Å². The quantitative estimate of drug-likeness (QED) is 0.375. The SMILES string of the molecule is CCCCCCCCC/C=C/OC(C)(C)C. The van der Waals surface area contributed by atoms with Crippen molar-refractivity contribution in [3.8, 4) is 0 Å². The third-order valence-electron chi connectivity index (χ3n) is 2.49. The van der Waals surface area contributed by atoms with E-state index in [9.17, 15) is 0 Å². The van der Waals surface area contributed by atoms with E-state index in [4.69, 9.17) is 4.74 Å². The van der Waals surface area contributed by atoms with Crippen LogP contribution < -0.4 is 0 Å². The highest BCUT2D eigenvalue weighted by Gasteiger charge is 2.06. The molecule has 0 bridgehead atoms. The van der Waals surface area contributed by atoms with Gasteiger partial charge in [-0.1, -0.05) is 45.4 Å². The van der Waals surface area contributed by atoms with Crippen LogP contribution in [0.15, 0.2) is 12.3 Å². The second kappa shape index (κ2) is 9.74. The average molecular weight is 226 g/mol. The molecule has 0 aromatic heterocycles. The Balaban J connectivity index is 3.15. The summed E-state index contributed by atoms with van der Waals surface area (Å²) >= 11 is 0. The van der Waals surface area contributed by atoms with Crippen LogP contribution in [0.1, 0.15) is 79.1 Å². The van der Waals surface area contributed by atoms with Crippen LogP contribution in [0.25, 0.3) is 0 Å². The molecule has 0 spiro atoms. The highest BCUT2D eigenvalue weighted by Crippen LogP contribution is 2.10. The maximum absolute atomic E-state index is 5.51. The Kier molecular flexibility index (Phi) is 9.46. The number of allylic oxidation sites excluding steroid dienone is 1. The van der Waals surface area contributed by atoms with Gasteiger partial charge in [0.05, 0.1) is 11.9 Å². The van der Waals surface area contributed by atoms with E-state index in [1.807, 2.05) is 6.26 Å². The van der Waals surface area contributed by atoms with Gasteiger partial charge >= 0.3 is 0 Å². The van der Waals surface area contributed by atoms with Gasteiger partial charge in [0.2, 0.25) is 0 Å². The van der Waals surface area contributed by atoms with Gasteiger partial charge in [-0.25, -0.2) is 0 Å². The van der Waals surface area contributed by atoms with Crippen LogP contribution in [0, 0.1) is 0 Å². The molecule has 96 valence electrons. The summed E-state index contributed by atoms with van der Waals surface area (Å²) < 4.78 is 5.51. The molecule has 16 heavy (non-hydrogen) atoms. The predicted octanol–water partition coefficient (Wildman–Crippen LogP) is 5.46. The minimum atomic E-state index is -0.0450. The van der Waals surface area contributed by atoms with Gasteiger partial charge in [-0.2, -0.15) is 0 Å². The lowest BCUT2D eigenvalue weighted by atomic mass is 10.1. The highest BCUT2D eigenvalue weighted by atomic mass is 16.5. The van der Waals surface area contributed by atoms with E-state index in [-0.39, 0.29) is 5.60 Å². The number of rotatable bonds is 9. The van der Waals surface area contributed by atoms with Crippen molar-refractivity contribution >= 4 is 0 Å². The fourth-order valence-electron chi connectivity index (χ4n) is 1.54. The highest BCUT2D eigenvalue weighted by molar-refractivity contribution is 4.76. The average Bonchev–Trinajstić information content (AvgIpc) is 2.19. The zero-order valence-corrected chi connectivity index (χ0v) is 11.7. The van der Waals surface area contributed by atoms with E-state index < -0.39 is 0 Å². The monoisotopic (exact) mass is 226 g/mol. The third kappa shape index (κ3) is 13.5. The van der Waals surface area contributed by atoms with E-state index in [0.717, 1.165) is 6.42 Å². The molecule has 0 aromatic rings. The van der Waals surface area contributed by atoms with Gasteiger partial charge in [-0.3, -0.25) is 0 Å². The summed E-state index contributed by atoms with van der Waals surface area (Å²) in [5, 5.41) is 0. The van der Waals surface area contributed by atoms with Gasteiger partial charge in [-0.05, 0) is 39.7 Å². The topological polar surface area (TPSA) is 9.23 Å². The third-order valence-corrected chi connectivity index (χ3v) is 2.49. The fraction of sp³-hybridized carbons (Fsp3) is 0.867. The molecule has 0 atom stereocenters. The summed E-state index contributed by atoms with van der Waals surface area (Å²) in [4.78, 5) is 0. The van der Waals surface area contributed by atoms with Crippen LogP contribution in [0.4, 0.5) is 0 Å². The van der Waals surface area contributed by atoms with E-state index in [2.05, 4.69) is 33.8 Å². The second-order valence-electron chi connectivity index (χ2n) is 5.51. The van der Waals surface area contributed by atoms with Crippen molar-refractivity contribution in [3.63, 3.8) is 0 Å². The maximum Gasteiger partial charge on any atom is 0.0998 e. The lowest BCUT2D eigenvalue weighted by Gasteiger charge is -2.17. The molecule has 1 heteroatoms. The molecule has 0 heterocycles. The van der Waals surface area contributed by atoms with Gasteiger partial charge in [0, 0.05) is 0 Å². The summed E-state index contributed by atoms with van der Waals surface area (Å²) in [5.74, 6) is 0. The number of hydrogen-bond acceptors (Lipinski definition) is 1. The first kappa shape index (κ1) is 15.5. The Labute approximate surface area is 102 Å². The normalized spacial score (nSPS) is 12.2. The molecular weight excluding hydrogens is 196 g/mol. The Hall–Kier alpha value is -0.460. The molecule has 1 nitrogen and oxygen atoms in total. The van der Waals surface area contributed by atoms with E-state index >= 15 is 0 Å². The molecule has 0 aliphatic heterocycles. The van der Waals surface area contributed by atoms with Crippen molar-refractivity contribution in [2.45, 2.75) is 84.7 Å². The minimum absolute atomic E-state index is 0.0450. The lowest BCUT2D eigenvalue weighted by molar-refractivity contribution is 0.0761. The van der Waals surface area contributed by atoms with Crippen molar-refractivity contribution in [1.29, 1.82) is 0 Å². The molecule has 0 N–H and O–H groups in total. The molecule has 0 rings (SSSR count).